The largest absolute Gasteiger partial charge is 0.618 e. The lowest BCUT2D eigenvalue weighted by atomic mass is 10.0. The van der Waals surface area contributed by atoms with Gasteiger partial charge in [-0.15, -0.1) is 0 Å². The van der Waals surface area contributed by atoms with E-state index in [-0.39, 0.29) is 30.4 Å². The first kappa shape index (κ1) is 25.2. The molecule has 0 unspecified atom stereocenters. The van der Waals surface area contributed by atoms with Crippen molar-refractivity contribution in [2.24, 2.45) is 5.73 Å². The van der Waals surface area contributed by atoms with E-state index in [2.05, 4.69) is 0 Å². The molecule has 1 amide bonds. The van der Waals surface area contributed by atoms with Gasteiger partial charge >= 0.3 is 0 Å². The van der Waals surface area contributed by atoms with Gasteiger partial charge in [0.1, 0.15) is 0 Å². The number of piperazine rings is 1. The van der Waals surface area contributed by atoms with E-state index in [0.29, 0.717) is 29.4 Å². The number of nitrogens with two attached hydrogens (primary N) is 1. The van der Waals surface area contributed by atoms with E-state index in [9.17, 15) is 18.4 Å². The predicted octanol–water partition coefficient (Wildman–Crippen LogP) is 3.40. The number of hydrogen-bond acceptors (Lipinski definition) is 5. The summed E-state index contributed by atoms with van der Waals surface area (Å²) in [6.07, 6.45) is 1.41. The Labute approximate surface area is 220 Å². The molecule has 10 heteroatoms. The van der Waals surface area contributed by atoms with E-state index < -0.39 is 10.0 Å². The third-order valence-electron chi connectivity index (χ3n) is 6.61. The molecule has 1 aliphatic heterocycles. The summed E-state index contributed by atoms with van der Waals surface area (Å²) in [5.74, 6) is -0.153. The normalized spacial score (nSPS) is 14.7. The Balaban J connectivity index is 1.26. The van der Waals surface area contributed by atoms with Gasteiger partial charge in [-0.3, -0.25) is 4.79 Å². The molecule has 1 fully saturated rings. The van der Waals surface area contributed by atoms with Crippen molar-refractivity contribution >= 4 is 38.3 Å². The molecule has 3 aromatic carbocycles. The van der Waals surface area contributed by atoms with E-state index in [1.807, 2.05) is 12.1 Å². The maximum atomic E-state index is 13.3. The molecule has 4 aromatic rings. The monoisotopic (exact) mass is 536 g/mol. The molecule has 0 atom stereocenters. The standard InChI is InChI=1S/C27H25ClN4O4S/c28-24-7-5-22-17-26(8-6-21(22)15-24)37(35,36)31-13-11-30(12-14-31)27(33)20-3-1-19(2-4-20)23-9-10-32(34)25(16-23)18-29/h1-10,15-17H,11-14,18,29H2. The molecule has 37 heavy (non-hydrogen) atoms. The van der Waals surface area contributed by atoms with E-state index in [4.69, 9.17) is 17.3 Å². The summed E-state index contributed by atoms with van der Waals surface area (Å²) in [5.41, 5.74) is 8.29. The zero-order valence-corrected chi connectivity index (χ0v) is 21.5. The van der Waals surface area contributed by atoms with Crippen molar-refractivity contribution in [2.45, 2.75) is 11.4 Å². The molecule has 0 spiro atoms. The van der Waals surface area contributed by atoms with Crippen LogP contribution in [0.3, 0.4) is 0 Å². The van der Waals surface area contributed by atoms with Crippen molar-refractivity contribution in [1.82, 2.24) is 9.21 Å². The molecule has 190 valence electrons. The highest BCUT2D eigenvalue weighted by Gasteiger charge is 2.30. The number of amides is 1. The molecular weight excluding hydrogens is 512 g/mol. The Kier molecular flexibility index (Phi) is 6.87. The second-order valence-electron chi connectivity index (χ2n) is 8.86. The lowest BCUT2D eigenvalue weighted by Crippen LogP contribution is -2.50. The molecule has 0 aliphatic carbocycles. The SMILES string of the molecule is NCc1cc(-c2ccc(C(=O)N3CCN(S(=O)(=O)c4ccc5cc(Cl)ccc5c4)CC3)cc2)cc[n+]1[O-]. The van der Waals surface area contributed by atoms with Gasteiger partial charge in [-0.1, -0.05) is 35.9 Å². The zero-order chi connectivity index (χ0) is 26.2. The summed E-state index contributed by atoms with van der Waals surface area (Å²) in [5, 5.41) is 14.0. The van der Waals surface area contributed by atoms with Crippen LogP contribution in [0.5, 0.6) is 0 Å². The Morgan fingerprint density at radius 3 is 2.27 bits per heavy atom. The summed E-state index contributed by atoms with van der Waals surface area (Å²) in [6.45, 7) is 1.15. The first-order valence-electron chi connectivity index (χ1n) is 11.8. The quantitative estimate of drug-likeness (QED) is 0.310. The van der Waals surface area contributed by atoms with Gasteiger partial charge in [0.25, 0.3) is 5.91 Å². The summed E-state index contributed by atoms with van der Waals surface area (Å²) >= 11 is 6.03. The van der Waals surface area contributed by atoms with Crippen LogP contribution in [0.1, 0.15) is 16.1 Å². The lowest BCUT2D eigenvalue weighted by Gasteiger charge is -2.34. The Bertz CT molecular complexity index is 1580. The fourth-order valence-corrected chi connectivity index (χ4v) is 6.13. The van der Waals surface area contributed by atoms with Gasteiger partial charge in [0, 0.05) is 48.9 Å². The Morgan fingerprint density at radius 1 is 0.892 bits per heavy atom. The van der Waals surface area contributed by atoms with Crippen molar-refractivity contribution in [3.8, 4) is 11.1 Å². The number of rotatable bonds is 5. The van der Waals surface area contributed by atoms with Crippen LogP contribution in [-0.2, 0) is 16.6 Å². The van der Waals surface area contributed by atoms with Gasteiger partial charge < -0.3 is 15.8 Å². The topological polar surface area (TPSA) is 111 Å². The first-order valence-corrected chi connectivity index (χ1v) is 13.6. The zero-order valence-electron chi connectivity index (χ0n) is 19.9. The van der Waals surface area contributed by atoms with Crippen LogP contribution in [0.25, 0.3) is 21.9 Å². The molecule has 0 radical (unpaired) electrons. The minimum atomic E-state index is -3.69. The van der Waals surface area contributed by atoms with Crippen molar-refractivity contribution in [1.29, 1.82) is 0 Å². The average Bonchev–Trinajstić information content (AvgIpc) is 2.92. The molecule has 1 aliphatic rings. The number of aromatic nitrogens is 1. The highest BCUT2D eigenvalue weighted by Crippen LogP contribution is 2.26. The maximum Gasteiger partial charge on any atom is 0.253 e. The van der Waals surface area contributed by atoms with E-state index in [1.54, 1.807) is 65.6 Å². The van der Waals surface area contributed by atoms with Gasteiger partial charge in [0.05, 0.1) is 11.4 Å². The molecule has 2 N–H and O–H groups in total. The minimum absolute atomic E-state index is 0.130. The number of sulfonamides is 1. The summed E-state index contributed by atoms with van der Waals surface area (Å²) in [6, 6.07) is 20.9. The van der Waals surface area contributed by atoms with Gasteiger partial charge in [0.2, 0.25) is 15.7 Å². The predicted molar refractivity (Wildman–Crippen MR) is 142 cm³/mol. The van der Waals surface area contributed by atoms with E-state index in [1.165, 1.54) is 10.5 Å². The Hall–Kier alpha value is -3.50. The molecule has 8 nitrogen and oxygen atoms in total. The molecule has 1 aromatic heterocycles. The van der Waals surface area contributed by atoms with Gasteiger partial charge in [-0.25, -0.2) is 8.42 Å². The van der Waals surface area contributed by atoms with Gasteiger partial charge in [-0.05, 0) is 58.3 Å². The van der Waals surface area contributed by atoms with Crippen LogP contribution in [-0.4, -0.2) is 49.7 Å². The van der Waals surface area contributed by atoms with Gasteiger partial charge in [-0.2, -0.15) is 9.04 Å². The van der Waals surface area contributed by atoms with Crippen molar-refractivity contribution < 1.29 is 17.9 Å². The fraction of sp³-hybridized carbons (Fsp3) is 0.185. The van der Waals surface area contributed by atoms with E-state index >= 15 is 0 Å². The van der Waals surface area contributed by atoms with Crippen LogP contribution in [0.15, 0.2) is 83.9 Å². The summed E-state index contributed by atoms with van der Waals surface area (Å²) < 4.78 is 28.7. The van der Waals surface area contributed by atoms with Crippen molar-refractivity contribution in [3.63, 3.8) is 0 Å². The van der Waals surface area contributed by atoms with Crippen LogP contribution >= 0.6 is 11.6 Å². The van der Waals surface area contributed by atoms with Crippen molar-refractivity contribution in [3.05, 3.63) is 100 Å². The smallest absolute Gasteiger partial charge is 0.253 e. The van der Waals surface area contributed by atoms with E-state index in [0.717, 1.165) is 26.6 Å². The number of fused-ring (bicyclic) bond motifs is 1. The van der Waals surface area contributed by atoms with Crippen LogP contribution < -0.4 is 10.5 Å². The molecule has 1 saturated heterocycles. The lowest BCUT2D eigenvalue weighted by molar-refractivity contribution is -0.613. The molecule has 2 heterocycles. The number of pyridine rings is 1. The maximum absolute atomic E-state index is 13.3. The fourth-order valence-electron chi connectivity index (χ4n) is 4.49. The second kappa shape index (κ2) is 10.1. The minimum Gasteiger partial charge on any atom is -0.618 e. The number of halogens is 1. The third-order valence-corrected chi connectivity index (χ3v) is 8.74. The first-order chi connectivity index (χ1) is 17.8. The van der Waals surface area contributed by atoms with Gasteiger partial charge in [0.15, 0.2) is 6.20 Å². The third kappa shape index (κ3) is 5.03. The molecule has 5 rings (SSSR count). The number of carbonyl (C=O) groups is 1. The van der Waals surface area contributed by atoms with Crippen LogP contribution in [0.4, 0.5) is 0 Å². The molecular formula is C27H25ClN4O4S. The van der Waals surface area contributed by atoms with Crippen LogP contribution in [0, 0.1) is 5.21 Å². The number of carbonyl (C=O) groups excluding carboxylic acids is 1. The highest BCUT2D eigenvalue weighted by atomic mass is 35.5. The number of nitrogens with zero attached hydrogens (tertiary/aromatic N) is 3. The summed E-state index contributed by atoms with van der Waals surface area (Å²) in [4.78, 5) is 15.0. The summed E-state index contributed by atoms with van der Waals surface area (Å²) in [7, 11) is -3.69. The average molecular weight is 537 g/mol. The van der Waals surface area contributed by atoms with Crippen LogP contribution in [0.2, 0.25) is 5.02 Å². The second-order valence-corrected chi connectivity index (χ2v) is 11.2. The Morgan fingerprint density at radius 2 is 1.57 bits per heavy atom. The molecule has 0 saturated carbocycles. The molecule has 0 bridgehead atoms. The highest BCUT2D eigenvalue weighted by molar-refractivity contribution is 7.89. The number of benzene rings is 3. The number of hydrogen-bond donors (Lipinski definition) is 1. The van der Waals surface area contributed by atoms with Crippen molar-refractivity contribution in [2.75, 3.05) is 26.2 Å².